The smallest absolute Gasteiger partial charge is 0.258 e. The minimum atomic E-state index is -0.581. The Balaban J connectivity index is 1.58. The first-order valence-corrected chi connectivity index (χ1v) is 10.0. The van der Waals surface area contributed by atoms with Gasteiger partial charge in [-0.1, -0.05) is 18.2 Å². The summed E-state index contributed by atoms with van der Waals surface area (Å²) < 4.78 is 16.0. The van der Waals surface area contributed by atoms with Crippen molar-refractivity contribution in [3.8, 4) is 0 Å². The Morgan fingerprint density at radius 2 is 1.90 bits per heavy atom. The molecule has 0 radical (unpaired) electrons. The van der Waals surface area contributed by atoms with E-state index in [0.29, 0.717) is 17.8 Å². The molecular formula is C24H24FN3O2. The molecule has 2 aromatic carbocycles. The molecule has 5 nitrogen and oxygen atoms in total. The molecule has 1 unspecified atom stereocenters. The minimum Gasteiger partial charge on any atom is -0.353 e. The first kappa shape index (κ1) is 19.9. The molecule has 1 saturated heterocycles. The summed E-state index contributed by atoms with van der Waals surface area (Å²) in [5.74, 6) is -1.19. The third-order valence-electron chi connectivity index (χ3n) is 5.69. The van der Waals surface area contributed by atoms with E-state index in [9.17, 15) is 14.0 Å². The second kappa shape index (κ2) is 8.14. The van der Waals surface area contributed by atoms with Crippen molar-refractivity contribution in [2.24, 2.45) is 7.05 Å². The predicted molar refractivity (Wildman–Crippen MR) is 114 cm³/mol. The highest BCUT2D eigenvalue weighted by Gasteiger charge is 2.32. The van der Waals surface area contributed by atoms with Gasteiger partial charge in [-0.15, -0.1) is 0 Å². The Labute approximate surface area is 175 Å². The number of hydrogen-bond acceptors (Lipinski definition) is 2. The molecule has 2 heterocycles. The fraction of sp³-hybridized carbons (Fsp3) is 0.250. The SMILES string of the molecule is Cc1ccc(C(=O)N2CCCC2c2cccn2C)cc1NC(=O)c1ccccc1F. The summed E-state index contributed by atoms with van der Waals surface area (Å²) in [6, 6.07) is 15.2. The first-order valence-electron chi connectivity index (χ1n) is 10.0. The highest BCUT2D eigenvalue weighted by molar-refractivity contribution is 6.05. The van der Waals surface area contributed by atoms with Gasteiger partial charge >= 0.3 is 0 Å². The zero-order valence-corrected chi connectivity index (χ0v) is 17.1. The monoisotopic (exact) mass is 405 g/mol. The number of likely N-dealkylation sites (tertiary alicyclic amines) is 1. The standard InChI is InChI=1S/C24H24FN3O2/c1-16-11-12-17(15-20(16)26-23(29)18-7-3-4-8-19(18)25)24(30)28-14-6-10-22(28)21-9-5-13-27(21)2/h3-5,7-9,11-13,15,22H,6,10,14H2,1-2H3,(H,26,29). The lowest BCUT2D eigenvalue weighted by molar-refractivity contribution is 0.0731. The summed E-state index contributed by atoms with van der Waals surface area (Å²) in [6.45, 7) is 2.54. The van der Waals surface area contributed by atoms with Crippen molar-refractivity contribution in [2.75, 3.05) is 11.9 Å². The Bertz CT molecular complexity index is 1110. The van der Waals surface area contributed by atoms with Gasteiger partial charge in [-0.2, -0.15) is 0 Å². The van der Waals surface area contributed by atoms with Crippen LogP contribution in [0.1, 0.15) is 50.9 Å². The van der Waals surface area contributed by atoms with Crippen LogP contribution in [0.2, 0.25) is 0 Å². The Morgan fingerprint density at radius 1 is 1.10 bits per heavy atom. The maximum atomic E-state index is 13.9. The van der Waals surface area contributed by atoms with E-state index >= 15 is 0 Å². The number of aromatic nitrogens is 1. The van der Waals surface area contributed by atoms with Crippen LogP contribution in [0.3, 0.4) is 0 Å². The largest absolute Gasteiger partial charge is 0.353 e. The molecule has 154 valence electrons. The normalized spacial score (nSPS) is 16.0. The van der Waals surface area contributed by atoms with Crippen LogP contribution in [-0.2, 0) is 7.05 Å². The summed E-state index contributed by atoms with van der Waals surface area (Å²) in [4.78, 5) is 27.7. The fourth-order valence-corrected chi connectivity index (χ4v) is 4.03. The lowest BCUT2D eigenvalue weighted by Gasteiger charge is -2.26. The molecule has 1 atom stereocenters. The van der Waals surface area contributed by atoms with E-state index in [1.165, 1.54) is 18.2 Å². The molecule has 30 heavy (non-hydrogen) atoms. The second-order valence-corrected chi connectivity index (χ2v) is 7.66. The fourth-order valence-electron chi connectivity index (χ4n) is 4.03. The van der Waals surface area contributed by atoms with E-state index < -0.39 is 11.7 Å². The molecule has 1 aliphatic heterocycles. The highest BCUT2D eigenvalue weighted by atomic mass is 19.1. The van der Waals surface area contributed by atoms with Gasteiger partial charge in [0.1, 0.15) is 5.82 Å². The van der Waals surface area contributed by atoms with Gasteiger partial charge < -0.3 is 14.8 Å². The third kappa shape index (κ3) is 3.73. The van der Waals surface area contributed by atoms with E-state index in [-0.39, 0.29) is 17.5 Å². The van der Waals surface area contributed by atoms with Crippen LogP contribution in [0.25, 0.3) is 0 Å². The maximum absolute atomic E-state index is 13.9. The number of hydrogen-bond donors (Lipinski definition) is 1. The van der Waals surface area contributed by atoms with Crippen molar-refractivity contribution in [1.82, 2.24) is 9.47 Å². The Morgan fingerprint density at radius 3 is 2.63 bits per heavy atom. The molecule has 4 rings (SSSR count). The van der Waals surface area contributed by atoms with Crippen LogP contribution < -0.4 is 5.32 Å². The summed E-state index contributed by atoms with van der Waals surface area (Å²) in [6.07, 6.45) is 3.86. The van der Waals surface area contributed by atoms with Crippen LogP contribution in [0.5, 0.6) is 0 Å². The average Bonchev–Trinajstić information content (AvgIpc) is 3.37. The number of nitrogens with zero attached hydrogens (tertiary/aromatic N) is 2. The van der Waals surface area contributed by atoms with Gasteiger partial charge in [0.05, 0.1) is 11.6 Å². The van der Waals surface area contributed by atoms with Crippen molar-refractivity contribution in [1.29, 1.82) is 0 Å². The number of nitrogens with one attached hydrogen (secondary N) is 1. The molecule has 6 heteroatoms. The van der Waals surface area contributed by atoms with Crippen LogP contribution in [-0.4, -0.2) is 27.8 Å². The first-order chi connectivity index (χ1) is 14.5. The van der Waals surface area contributed by atoms with Crippen molar-refractivity contribution >= 4 is 17.5 Å². The number of benzene rings is 2. The molecule has 0 aliphatic carbocycles. The predicted octanol–water partition coefficient (Wildman–Crippen LogP) is 4.70. The van der Waals surface area contributed by atoms with Crippen LogP contribution in [0.15, 0.2) is 60.8 Å². The maximum Gasteiger partial charge on any atom is 0.258 e. The van der Waals surface area contributed by atoms with Gasteiger partial charge in [-0.05, 0) is 61.7 Å². The zero-order valence-electron chi connectivity index (χ0n) is 17.1. The lowest BCUT2D eigenvalue weighted by atomic mass is 10.1. The van der Waals surface area contributed by atoms with Crippen molar-refractivity contribution in [2.45, 2.75) is 25.8 Å². The second-order valence-electron chi connectivity index (χ2n) is 7.66. The highest BCUT2D eigenvalue weighted by Crippen LogP contribution is 2.33. The van der Waals surface area contributed by atoms with Crippen molar-refractivity contribution < 1.29 is 14.0 Å². The molecule has 0 saturated carbocycles. The quantitative estimate of drug-likeness (QED) is 0.684. The molecule has 3 aromatic rings. The van der Waals surface area contributed by atoms with Crippen LogP contribution in [0.4, 0.5) is 10.1 Å². The molecule has 1 fully saturated rings. The number of aryl methyl sites for hydroxylation is 2. The average molecular weight is 405 g/mol. The molecule has 1 aromatic heterocycles. The van der Waals surface area contributed by atoms with Gasteiger partial charge in [0.25, 0.3) is 11.8 Å². The molecule has 0 bridgehead atoms. The summed E-state index contributed by atoms with van der Waals surface area (Å²) in [7, 11) is 1.98. The number of anilines is 1. The molecular weight excluding hydrogens is 381 g/mol. The van der Waals surface area contributed by atoms with Gasteiger partial charge in [-0.3, -0.25) is 9.59 Å². The number of amides is 2. The number of halogens is 1. The summed E-state index contributed by atoms with van der Waals surface area (Å²) in [5.41, 5.74) is 2.89. The van der Waals surface area contributed by atoms with E-state index in [2.05, 4.69) is 5.32 Å². The number of carbonyl (C=O) groups is 2. The van der Waals surface area contributed by atoms with Crippen molar-refractivity contribution in [3.05, 3.63) is 89.0 Å². The Hall–Kier alpha value is -3.41. The van der Waals surface area contributed by atoms with Gasteiger partial charge in [0.2, 0.25) is 0 Å². The third-order valence-corrected chi connectivity index (χ3v) is 5.69. The van der Waals surface area contributed by atoms with E-state index in [1.54, 1.807) is 24.3 Å². The topological polar surface area (TPSA) is 54.3 Å². The van der Waals surface area contributed by atoms with Gasteiger partial charge in [0, 0.05) is 36.7 Å². The molecule has 1 N–H and O–H groups in total. The molecule has 0 spiro atoms. The number of carbonyl (C=O) groups excluding carboxylic acids is 2. The zero-order chi connectivity index (χ0) is 21.3. The minimum absolute atomic E-state index is 0.0306. The van der Waals surface area contributed by atoms with E-state index in [4.69, 9.17) is 0 Å². The lowest BCUT2D eigenvalue weighted by Crippen LogP contribution is -2.31. The summed E-state index contributed by atoms with van der Waals surface area (Å²) >= 11 is 0. The Kier molecular flexibility index (Phi) is 5.40. The van der Waals surface area contributed by atoms with E-state index in [0.717, 1.165) is 24.1 Å². The molecule has 2 amide bonds. The van der Waals surface area contributed by atoms with Gasteiger partial charge in [0.15, 0.2) is 0 Å². The summed E-state index contributed by atoms with van der Waals surface area (Å²) in [5, 5.41) is 2.75. The van der Waals surface area contributed by atoms with E-state index in [1.807, 2.05) is 41.8 Å². The number of rotatable bonds is 4. The molecule has 1 aliphatic rings. The van der Waals surface area contributed by atoms with Crippen molar-refractivity contribution in [3.63, 3.8) is 0 Å². The van der Waals surface area contributed by atoms with Gasteiger partial charge in [-0.25, -0.2) is 4.39 Å². The van der Waals surface area contributed by atoms with Crippen LogP contribution in [0, 0.1) is 12.7 Å². The van der Waals surface area contributed by atoms with Crippen LogP contribution >= 0.6 is 0 Å².